The van der Waals surface area contributed by atoms with Gasteiger partial charge in [-0.3, -0.25) is 9.59 Å². The Labute approximate surface area is 135 Å². The first-order valence-corrected chi connectivity index (χ1v) is 8.56. The highest BCUT2D eigenvalue weighted by atomic mass is 16.5. The van der Waals surface area contributed by atoms with Crippen LogP contribution < -0.4 is 5.32 Å². The largest absolute Gasteiger partial charge is 0.460 e. The molecule has 0 heterocycles. The van der Waals surface area contributed by atoms with Crippen LogP contribution in [0.3, 0.4) is 0 Å². The Hall–Kier alpha value is -1.32. The molecule has 4 heteroatoms. The van der Waals surface area contributed by atoms with Crippen molar-refractivity contribution in [2.75, 3.05) is 0 Å². The highest BCUT2D eigenvalue weighted by Gasteiger charge is 2.19. The third kappa shape index (κ3) is 12.4. The van der Waals surface area contributed by atoms with Gasteiger partial charge in [0.2, 0.25) is 5.91 Å². The average Bonchev–Trinajstić information content (AvgIpc) is 2.43. The summed E-state index contributed by atoms with van der Waals surface area (Å²) in [5.41, 5.74) is 0. The number of unbranched alkanes of at least 4 members (excludes halogenated alkanes) is 6. The van der Waals surface area contributed by atoms with Crippen LogP contribution in [0, 0.1) is 0 Å². The van der Waals surface area contributed by atoms with Crippen LogP contribution in [-0.2, 0) is 14.3 Å². The summed E-state index contributed by atoms with van der Waals surface area (Å²) in [7, 11) is 0. The molecule has 0 bridgehead atoms. The van der Waals surface area contributed by atoms with E-state index in [1.165, 1.54) is 52.4 Å². The molecule has 128 valence electrons. The van der Waals surface area contributed by atoms with Crippen molar-refractivity contribution in [1.82, 2.24) is 5.32 Å². The minimum Gasteiger partial charge on any atom is -0.460 e. The third-order valence-electron chi connectivity index (χ3n) is 3.57. The van der Waals surface area contributed by atoms with Gasteiger partial charge >= 0.3 is 5.97 Å². The van der Waals surface area contributed by atoms with Crippen molar-refractivity contribution >= 4 is 11.9 Å². The lowest BCUT2D eigenvalue weighted by molar-refractivity contribution is -0.148. The molecule has 0 aromatic rings. The molecule has 0 spiro atoms. The van der Waals surface area contributed by atoms with Gasteiger partial charge in [-0.05, 0) is 19.8 Å². The van der Waals surface area contributed by atoms with E-state index in [0.717, 1.165) is 6.42 Å². The summed E-state index contributed by atoms with van der Waals surface area (Å²) >= 11 is 0. The average molecular weight is 311 g/mol. The van der Waals surface area contributed by atoms with Gasteiger partial charge in [-0.15, -0.1) is 0 Å². The first kappa shape index (κ1) is 20.7. The van der Waals surface area contributed by atoms with Crippen LogP contribution in [-0.4, -0.2) is 24.0 Å². The van der Waals surface area contributed by atoms with Crippen molar-refractivity contribution in [3.63, 3.8) is 0 Å². The van der Waals surface area contributed by atoms with Gasteiger partial charge in [-0.2, -0.15) is 0 Å². The molecular formula is C18H33NO3. The summed E-state index contributed by atoms with van der Waals surface area (Å²) in [6.07, 6.45) is 13.4. The monoisotopic (exact) mass is 311 g/mol. The van der Waals surface area contributed by atoms with E-state index in [-0.39, 0.29) is 24.0 Å². The summed E-state index contributed by atoms with van der Waals surface area (Å²) in [4.78, 5) is 22.2. The van der Waals surface area contributed by atoms with E-state index in [9.17, 15) is 9.59 Å². The maximum Gasteiger partial charge on any atom is 0.302 e. The van der Waals surface area contributed by atoms with Gasteiger partial charge in [-0.25, -0.2) is 0 Å². The van der Waals surface area contributed by atoms with Crippen molar-refractivity contribution in [3.05, 3.63) is 12.2 Å². The Kier molecular flexibility index (Phi) is 12.5. The molecule has 4 nitrogen and oxygen atoms in total. The SMILES string of the molecule is CCCCCCCC/C=C/C[C@@H](OC(C)=O)[C@@H](C)NC(C)=O. The lowest BCUT2D eigenvalue weighted by Crippen LogP contribution is -2.41. The lowest BCUT2D eigenvalue weighted by Gasteiger charge is -2.23. The van der Waals surface area contributed by atoms with Crippen molar-refractivity contribution in [2.24, 2.45) is 0 Å². The molecule has 0 aromatic heterocycles. The molecule has 0 saturated carbocycles. The predicted octanol–water partition coefficient (Wildman–Crippen LogP) is 4.14. The summed E-state index contributed by atoms with van der Waals surface area (Å²) in [5.74, 6) is -0.424. The van der Waals surface area contributed by atoms with Crippen LogP contribution in [0.25, 0.3) is 0 Å². The Morgan fingerprint density at radius 3 is 2.27 bits per heavy atom. The number of nitrogens with one attached hydrogen (secondary N) is 1. The molecule has 0 unspecified atom stereocenters. The molecule has 0 aromatic carbocycles. The van der Waals surface area contributed by atoms with Crippen molar-refractivity contribution in [1.29, 1.82) is 0 Å². The van der Waals surface area contributed by atoms with Gasteiger partial charge < -0.3 is 10.1 Å². The second kappa shape index (κ2) is 13.4. The van der Waals surface area contributed by atoms with E-state index in [4.69, 9.17) is 4.74 Å². The molecule has 0 rings (SSSR count). The van der Waals surface area contributed by atoms with Crippen molar-refractivity contribution < 1.29 is 14.3 Å². The quantitative estimate of drug-likeness (QED) is 0.335. The molecule has 1 N–H and O–H groups in total. The summed E-state index contributed by atoms with van der Waals surface area (Å²) < 4.78 is 5.28. The fourth-order valence-corrected chi connectivity index (χ4v) is 2.37. The van der Waals surface area contributed by atoms with E-state index < -0.39 is 0 Å². The minimum atomic E-state index is -0.313. The summed E-state index contributed by atoms with van der Waals surface area (Å²) in [5, 5.41) is 2.78. The normalized spacial score (nSPS) is 13.8. The zero-order valence-corrected chi connectivity index (χ0v) is 14.7. The molecular weight excluding hydrogens is 278 g/mol. The number of esters is 1. The molecule has 0 fully saturated rings. The van der Waals surface area contributed by atoms with E-state index in [0.29, 0.717) is 6.42 Å². The number of allylic oxidation sites excluding steroid dienone is 1. The number of carbonyl (C=O) groups excluding carboxylic acids is 2. The van der Waals surface area contributed by atoms with Crippen molar-refractivity contribution in [3.8, 4) is 0 Å². The maximum atomic E-state index is 11.1. The molecule has 0 radical (unpaired) electrons. The first-order valence-electron chi connectivity index (χ1n) is 8.56. The highest BCUT2D eigenvalue weighted by molar-refractivity contribution is 5.73. The fourth-order valence-electron chi connectivity index (χ4n) is 2.37. The Morgan fingerprint density at radius 1 is 1.05 bits per heavy atom. The van der Waals surface area contributed by atoms with Gasteiger partial charge in [0.05, 0.1) is 6.04 Å². The van der Waals surface area contributed by atoms with E-state index in [1.807, 2.05) is 6.92 Å². The second-order valence-electron chi connectivity index (χ2n) is 5.90. The van der Waals surface area contributed by atoms with Crippen molar-refractivity contribution in [2.45, 2.75) is 91.2 Å². The molecule has 0 aliphatic rings. The van der Waals surface area contributed by atoms with E-state index in [1.54, 1.807) is 0 Å². The van der Waals surface area contributed by atoms with Crippen LogP contribution in [0.15, 0.2) is 12.2 Å². The number of ether oxygens (including phenoxy) is 1. The first-order chi connectivity index (χ1) is 10.5. The number of hydrogen-bond acceptors (Lipinski definition) is 3. The van der Waals surface area contributed by atoms with Crippen LogP contribution in [0.2, 0.25) is 0 Å². The third-order valence-corrected chi connectivity index (χ3v) is 3.57. The van der Waals surface area contributed by atoms with Gasteiger partial charge in [0, 0.05) is 20.3 Å². The molecule has 0 aliphatic carbocycles. The zero-order valence-electron chi connectivity index (χ0n) is 14.7. The van der Waals surface area contributed by atoms with Gasteiger partial charge in [0.15, 0.2) is 0 Å². The Morgan fingerprint density at radius 2 is 1.68 bits per heavy atom. The standard InChI is InChI=1S/C18H33NO3/c1-5-6-7-8-9-10-11-12-13-14-18(22-17(4)21)15(2)19-16(3)20/h12-13,15,18H,5-11,14H2,1-4H3,(H,19,20)/b13-12+/t15-,18-/m1/s1. The maximum absolute atomic E-state index is 11.1. The minimum absolute atomic E-state index is 0.110. The Balaban J connectivity index is 3.98. The van der Waals surface area contributed by atoms with Crippen LogP contribution >= 0.6 is 0 Å². The molecule has 1 amide bonds. The number of hydrogen-bond donors (Lipinski definition) is 1. The smallest absolute Gasteiger partial charge is 0.302 e. The number of rotatable bonds is 12. The Bertz CT molecular complexity index is 339. The number of carbonyl (C=O) groups is 2. The van der Waals surface area contributed by atoms with E-state index >= 15 is 0 Å². The molecule has 22 heavy (non-hydrogen) atoms. The molecule has 2 atom stereocenters. The highest BCUT2D eigenvalue weighted by Crippen LogP contribution is 2.10. The summed E-state index contributed by atoms with van der Waals surface area (Å²) in [6.45, 7) is 6.95. The fraction of sp³-hybridized carbons (Fsp3) is 0.778. The topological polar surface area (TPSA) is 55.4 Å². The second-order valence-corrected chi connectivity index (χ2v) is 5.90. The van der Waals surface area contributed by atoms with Gasteiger partial charge in [0.1, 0.15) is 6.10 Å². The molecule has 0 aliphatic heterocycles. The number of amides is 1. The van der Waals surface area contributed by atoms with Crippen LogP contribution in [0.4, 0.5) is 0 Å². The van der Waals surface area contributed by atoms with Crippen LogP contribution in [0.1, 0.15) is 79.1 Å². The van der Waals surface area contributed by atoms with Gasteiger partial charge in [-0.1, -0.05) is 51.2 Å². The molecule has 0 saturated heterocycles. The van der Waals surface area contributed by atoms with E-state index in [2.05, 4.69) is 24.4 Å². The lowest BCUT2D eigenvalue weighted by atomic mass is 10.1. The van der Waals surface area contributed by atoms with Crippen LogP contribution in [0.5, 0.6) is 0 Å². The predicted molar refractivity (Wildman–Crippen MR) is 90.6 cm³/mol. The zero-order chi connectivity index (χ0) is 16.8. The summed E-state index contributed by atoms with van der Waals surface area (Å²) in [6, 6.07) is -0.180. The van der Waals surface area contributed by atoms with Gasteiger partial charge in [0.25, 0.3) is 0 Å².